The minimum atomic E-state index is -0.616. The highest BCUT2D eigenvalue weighted by Crippen LogP contribution is 2.21. The van der Waals surface area contributed by atoms with E-state index in [2.05, 4.69) is 4.99 Å². The molecule has 0 aromatic heterocycles. The maximum Gasteiger partial charge on any atom is 0.437 e. The van der Waals surface area contributed by atoms with Crippen LogP contribution >= 0.6 is 11.8 Å². The molecule has 1 aliphatic heterocycles. The molecule has 1 aromatic rings. The standard InChI is InChI=1S/C13H15NO4S/c1-2-16-12(15)14-13-18-11(9-19-13)8-17-10-6-4-3-5-7-10/h3-7,11H,2,8-9H2,1H3. The first-order chi connectivity index (χ1) is 9.28. The van der Waals surface area contributed by atoms with E-state index in [0.29, 0.717) is 24.2 Å². The Morgan fingerprint density at radius 2 is 2.26 bits per heavy atom. The summed E-state index contributed by atoms with van der Waals surface area (Å²) < 4.78 is 15.8. The van der Waals surface area contributed by atoms with Crippen LogP contribution in [0.15, 0.2) is 35.3 Å². The summed E-state index contributed by atoms with van der Waals surface area (Å²) in [6, 6.07) is 9.52. The number of ether oxygens (including phenoxy) is 3. The summed E-state index contributed by atoms with van der Waals surface area (Å²) in [5.41, 5.74) is 0. The number of aliphatic imine (C=N–C) groups is 1. The molecule has 1 fully saturated rings. The second-order valence-corrected chi connectivity index (χ2v) is 4.72. The number of carbonyl (C=O) groups is 1. The molecule has 1 heterocycles. The first-order valence-corrected chi connectivity index (χ1v) is 6.99. The van der Waals surface area contributed by atoms with Gasteiger partial charge in [0, 0.05) is 5.75 Å². The van der Waals surface area contributed by atoms with Crippen LogP contribution in [0.3, 0.4) is 0 Å². The molecule has 6 heteroatoms. The van der Waals surface area contributed by atoms with Crippen LogP contribution < -0.4 is 4.74 Å². The van der Waals surface area contributed by atoms with Gasteiger partial charge in [0.1, 0.15) is 18.5 Å². The molecule has 102 valence electrons. The molecule has 0 spiro atoms. The predicted molar refractivity (Wildman–Crippen MR) is 73.7 cm³/mol. The Morgan fingerprint density at radius 1 is 1.47 bits per heavy atom. The zero-order chi connectivity index (χ0) is 13.5. The summed E-state index contributed by atoms with van der Waals surface area (Å²) in [7, 11) is 0. The summed E-state index contributed by atoms with van der Waals surface area (Å²) in [6.07, 6.45) is -0.715. The Morgan fingerprint density at radius 3 is 3.00 bits per heavy atom. The maximum atomic E-state index is 11.2. The molecule has 2 rings (SSSR count). The van der Waals surface area contributed by atoms with Crippen LogP contribution in [-0.2, 0) is 9.47 Å². The van der Waals surface area contributed by atoms with Gasteiger partial charge in [-0.25, -0.2) is 4.79 Å². The van der Waals surface area contributed by atoms with Gasteiger partial charge in [-0.15, -0.1) is 4.99 Å². The lowest BCUT2D eigenvalue weighted by Crippen LogP contribution is -2.20. The monoisotopic (exact) mass is 281 g/mol. The van der Waals surface area contributed by atoms with Gasteiger partial charge >= 0.3 is 6.09 Å². The van der Waals surface area contributed by atoms with E-state index < -0.39 is 6.09 Å². The fraction of sp³-hybridized carbons (Fsp3) is 0.385. The van der Waals surface area contributed by atoms with Crippen LogP contribution in [0.25, 0.3) is 0 Å². The zero-order valence-electron chi connectivity index (χ0n) is 10.6. The normalized spacial score (nSPS) is 20.1. The molecular weight excluding hydrogens is 266 g/mol. The van der Waals surface area contributed by atoms with Crippen LogP contribution in [0.2, 0.25) is 0 Å². The summed E-state index contributed by atoms with van der Waals surface area (Å²) in [6.45, 7) is 2.47. The van der Waals surface area contributed by atoms with Crippen molar-refractivity contribution in [2.24, 2.45) is 4.99 Å². The minimum Gasteiger partial charge on any atom is -0.490 e. The van der Waals surface area contributed by atoms with E-state index >= 15 is 0 Å². The highest BCUT2D eigenvalue weighted by Gasteiger charge is 2.24. The van der Waals surface area contributed by atoms with Crippen molar-refractivity contribution in [3.05, 3.63) is 30.3 Å². The number of hydrogen-bond donors (Lipinski definition) is 0. The fourth-order valence-electron chi connectivity index (χ4n) is 1.45. The van der Waals surface area contributed by atoms with Gasteiger partial charge in [0.2, 0.25) is 0 Å². The van der Waals surface area contributed by atoms with Crippen molar-refractivity contribution in [1.29, 1.82) is 0 Å². The third-order valence-electron chi connectivity index (χ3n) is 2.29. The van der Waals surface area contributed by atoms with Crippen LogP contribution in [0.5, 0.6) is 5.75 Å². The van der Waals surface area contributed by atoms with E-state index in [1.807, 2.05) is 30.3 Å². The molecule has 1 atom stereocenters. The van der Waals surface area contributed by atoms with Crippen molar-refractivity contribution >= 4 is 23.1 Å². The van der Waals surface area contributed by atoms with Crippen molar-refractivity contribution in [1.82, 2.24) is 0 Å². The molecule has 1 saturated heterocycles. The van der Waals surface area contributed by atoms with E-state index in [4.69, 9.17) is 14.2 Å². The number of para-hydroxylation sites is 1. The molecule has 19 heavy (non-hydrogen) atoms. The summed E-state index contributed by atoms with van der Waals surface area (Å²) in [4.78, 5) is 14.9. The number of benzene rings is 1. The Labute approximate surface area is 116 Å². The average molecular weight is 281 g/mol. The fourth-order valence-corrected chi connectivity index (χ4v) is 2.29. The van der Waals surface area contributed by atoms with Gasteiger partial charge in [0.25, 0.3) is 5.23 Å². The third kappa shape index (κ3) is 4.48. The molecule has 0 N–H and O–H groups in total. The smallest absolute Gasteiger partial charge is 0.437 e. The quantitative estimate of drug-likeness (QED) is 0.849. The number of thioether (sulfide) groups is 1. The van der Waals surface area contributed by atoms with E-state index in [1.165, 1.54) is 11.8 Å². The molecule has 1 aromatic carbocycles. The molecule has 0 bridgehead atoms. The summed E-state index contributed by atoms with van der Waals surface area (Å²) in [5.74, 6) is 1.51. The van der Waals surface area contributed by atoms with Crippen molar-refractivity contribution in [3.8, 4) is 5.75 Å². The SMILES string of the molecule is CCOC(=O)N=C1OC(COc2ccccc2)CS1. The Hall–Kier alpha value is -1.69. The largest absolute Gasteiger partial charge is 0.490 e. The lowest BCUT2D eigenvalue weighted by molar-refractivity contribution is 0.144. The molecule has 5 nitrogen and oxygen atoms in total. The molecule has 0 radical (unpaired) electrons. The van der Waals surface area contributed by atoms with Crippen molar-refractivity contribution in [2.45, 2.75) is 13.0 Å². The Balaban J connectivity index is 1.78. The lowest BCUT2D eigenvalue weighted by Gasteiger charge is -2.10. The van der Waals surface area contributed by atoms with Gasteiger partial charge in [0.05, 0.1) is 6.61 Å². The van der Waals surface area contributed by atoms with Gasteiger partial charge in [-0.2, -0.15) is 0 Å². The van der Waals surface area contributed by atoms with Gasteiger partial charge in [0.15, 0.2) is 0 Å². The average Bonchev–Trinajstić information content (AvgIpc) is 2.85. The van der Waals surface area contributed by atoms with Crippen LogP contribution in [0.4, 0.5) is 4.79 Å². The van der Waals surface area contributed by atoms with Gasteiger partial charge in [-0.3, -0.25) is 0 Å². The van der Waals surface area contributed by atoms with Gasteiger partial charge in [-0.1, -0.05) is 30.0 Å². The van der Waals surface area contributed by atoms with Crippen molar-refractivity contribution < 1.29 is 19.0 Å². The van der Waals surface area contributed by atoms with Gasteiger partial charge in [-0.05, 0) is 19.1 Å². The number of rotatable bonds is 4. The number of nitrogens with zero attached hydrogens (tertiary/aromatic N) is 1. The molecular formula is C13H15NO4S. The van der Waals surface area contributed by atoms with Crippen LogP contribution in [-0.4, -0.2) is 36.4 Å². The highest BCUT2D eigenvalue weighted by atomic mass is 32.2. The van der Waals surface area contributed by atoms with E-state index in [0.717, 1.165) is 5.75 Å². The number of hydrogen-bond acceptors (Lipinski definition) is 5. The topological polar surface area (TPSA) is 57.1 Å². The summed E-state index contributed by atoms with van der Waals surface area (Å²) >= 11 is 1.39. The molecule has 1 amide bonds. The zero-order valence-corrected chi connectivity index (χ0v) is 11.4. The molecule has 1 aliphatic rings. The predicted octanol–water partition coefficient (Wildman–Crippen LogP) is 2.71. The first kappa shape index (κ1) is 13.7. The molecule has 0 saturated carbocycles. The summed E-state index contributed by atoms with van der Waals surface area (Å²) in [5, 5.41) is 0.347. The van der Waals surface area contributed by atoms with E-state index in [-0.39, 0.29) is 6.10 Å². The maximum absolute atomic E-state index is 11.2. The third-order valence-corrected chi connectivity index (χ3v) is 3.26. The Kier molecular flexibility index (Phi) is 5.09. The first-order valence-electron chi connectivity index (χ1n) is 6.00. The number of amides is 1. The van der Waals surface area contributed by atoms with E-state index in [1.54, 1.807) is 6.92 Å². The number of carbonyl (C=O) groups excluding carboxylic acids is 1. The second kappa shape index (κ2) is 7.04. The molecule has 0 aliphatic carbocycles. The second-order valence-electron chi connectivity index (χ2n) is 3.75. The lowest BCUT2D eigenvalue weighted by atomic mass is 10.3. The minimum absolute atomic E-state index is 0.0987. The van der Waals surface area contributed by atoms with Crippen molar-refractivity contribution in [3.63, 3.8) is 0 Å². The van der Waals surface area contributed by atoms with Crippen LogP contribution in [0, 0.1) is 0 Å². The van der Waals surface area contributed by atoms with Crippen LogP contribution in [0.1, 0.15) is 6.92 Å². The highest BCUT2D eigenvalue weighted by molar-refractivity contribution is 8.13. The van der Waals surface area contributed by atoms with Crippen molar-refractivity contribution in [2.75, 3.05) is 19.0 Å². The van der Waals surface area contributed by atoms with E-state index in [9.17, 15) is 4.79 Å². The molecule has 1 unspecified atom stereocenters. The van der Waals surface area contributed by atoms with Gasteiger partial charge < -0.3 is 14.2 Å². The Bertz CT molecular complexity index is 449.